The van der Waals surface area contributed by atoms with Gasteiger partial charge in [0.25, 0.3) is 0 Å². The highest BCUT2D eigenvalue weighted by Crippen LogP contribution is 2.11. The number of nitrogens with one attached hydrogen (secondary N) is 2. The Morgan fingerprint density at radius 1 is 1.17 bits per heavy atom. The number of rotatable bonds is 5. The van der Waals surface area contributed by atoms with E-state index in [1.807, 2.05) is 0 Å². The van der Waals surface area contributed by atoms with E-state index in [4.69, 9.17) is 0 Å². The molecule has 0 aliphatic rings. The SMILES string of the molecule is Cc1cccc(NC(=O)C(C)NS(=O)(=O)c2ccc(F)cc2)n1. The highest BCUT2D eigenvalue weighted by Gasteiger charge is 2.22. The molecule has 6 nitrogen and oxygen atoms in total. The van der Waals surface area contributed by atoms with Gasteiger partial charge in [0.15, 0.2) is 0 Å². The number of halogens is 1. The number of sulfonamides is 1. The van der Waals surface area contributed by atoms with Crippen molar-refractivity contribution in [1.82, 2.24) is 9.71 Å². The van der Waals surface area contributed by atoms with Gasteiger partial charge in [-0.1, -0.05) is 6.07 Å². The standard InChI is InChI=1S/C15H16FN3O3S/c1-10-4-3-5-14(17-10)18-15(20)11(2)19-23(21,22)13-8-6-12(16)7-9-13/h3-9,11,19H,1-2H3,(H,17,18,20). The molecule has 2 rings (SSSR count). The van der Waals surface area contributed by atoms with Crippen molar-refractivity contribution in [2.75, 3.05) is 5.32 Å². The fourth-order valence-corrected chi connectivity index (χ4v) is 3.02. The van der Waals surface area contributed by atoms with Crippen LogP contribution in [0.2, 0.25) is 0 Å². The number of aromatic nitrogens is 1. The first-order chi connectivity index (χ1) is 10.8. The van der Waals surface area contributed by atoms with Gasteiger partial charge in [-0.05, 0) is 50.2 Å². The molecule has 1 aromatic carbocycles. The van der Waals surface area contributed by atoms with E-state index in [-0.39, 0.29) is 4.90 Å². The maximum Gasteiger partial charge on any atom is 0.243 e. The lowest BCUT2D eigenvalue weighted by atomic mass is 10.3. The summed E-state index contributed by atoms with van der Waals surface area (Å²) < 4.78 is 39.4. The molecule has 1 unspecified atom stereocenters. The van der Waals surface area contributed by atoms with Gasteiger partial charge < -0.3 is 5.32 Å². The number of carbonyl (C=O) groups excluding carboxylic acids is 1. The number of benzene rings is 1. The lowest BCUT2D eigenvalue weighted by Gasteiger charge is -2.14. The van der Waals surface area contributed by atoms with Crippen LogP contribution in [0.15, 0.2) is 47.4 Å². The molecule has 0 aliphatic heterocycles. The molecule has 2 N–H and O–H groups in total. The summed E-state index contributed by atoms with van der Waals surface area (Å²) in [6.45, 7) is 3.18. The number of carbonyl (C=O) groups is 1. The van der Waals surface area contributed by atoms with E-state index < -0.39 is 27.8 Å². The van der Waals surface area contributed by atoms with Gasteiger partial charge in [0.1, 0.15) is 11.6 Å². The molecule has 0 radical (unpaired) electrons. The Morgan fingerprint density at radius 3 is 2.43 bits per heavy atom. The normalized spacial score (nSPS) is 12.7. The molecule has 0 aliphatic carbocycles. The van der Waals surface area contributed by atoms with E-state index in [0.29, 0.717) is 5.82 Å². The Hall–Kier alpha value is -2.32. The second kappa shape index (κ2) is 6.84. The van der Waals surface area contributed by atoms with Crippen LogP contribution in [-0.4, -0.2) is 25.4 Å². The average molecular weight is 337 g/mol. The third kappa shape index (κ3) is 4.57. The van der Waals surface area contributed by atoms with Crippen molar-refractivity contribution in [3.8, 4) is 0 Å². The van der Waals surface area contributed by atoms with Crippen LogP contribution in [0.4, 0.5) is 10.2 Å². The molecule has 2 aromatic rings. The smallest absolute Gasteiger partial charge is 0.243 e. The van der Waals surface area contributed by atoms with Crippen LogP contribution in [0.3, 0.4) is 0 Å². The molecule has 0 saturated carbocycles. The largest absolute Gasteiger partial charge is 0.309 e. The lowest BCUT2D eigenvalue weighted by Crippen LogP contribution is -2.41. The molecule has 1 amide bonds. The molecule has 1 aromatic heterocycles. The summed E-state index contributed by atoms with van der Waals surface area (Å²) in [6.07, 6.45) is 0. The van der Waals surface area contributed by atoms with Crippen LogP contribution in [0.5, 0.6) is 0 Å². The summed E-state index contributed by atoms with van der Waals surface area (Å²) in [5, 5.41) is 2.53. The van der Waals surface area contributed by atoms with Crippen LogP contribution < -0.4 is 10.0 Å². The minimum absolute atomic E-state index is 0.118. The summed E-state index contributed by atoms with van der Waals surface area (Å²) in [6, 6.07) is 8.42. The van der Waals surface area contributed by atoms with Gasteiger partial charge in [-0.25, -0.2) is 17.8 Å². The summed E-state index contributed by atoms with van der Waals surface area (Å²) in [7, 11) is -3.92. The first kappa shape index (κ1) is 17.0. The van der Waals surface area contributed by atoms with E-state index in [2.05, 4.69) is 15.0 Å². The van der Waals surface area contributed by atoms with E-state index in [1.165, 1.54) is 6.92 Å². The third-order valence-electron chi connectivity index (χ3n) is 2.99. The summed E-state index contributed by atoms with van der Waals surface area (Å²) in [5.41, 5.74) is 0.724. The van der Waals surface area contributed by atoms with Crippen molar-refractivity contribution in [3.05, 3.63) is 54.0 Å². The minimum atomic E-state index is -3.92. The zero-order chi connectivity index (χ0) is 17.0. The van der Waals surface area contributed by atoms with E-state index in [0.717, 1.165) is 30.0 Å². The first-order valence-corrected chi connectivity index (χ1v) is 8.29. The molecule has 0 bridgehead atoms. The van der Waals surface area contributed by atoms with E-state index in [1.54, 1.807) is 25.1 Å². The Labute approximate surface area is 133 Å². The second-order valence-corrected chi connectivity index (χ2v) is 6.66. The fraction of sp³-hybridized carbons (Fsp3) is 0.200. The minimum Gasteiger partial charge on any atom is -0.309 e. The van der Waals surface area contributed by atoms with Crippen molar-refractivity contribution in [2.24, 2.45) is 0 Å². The van der Waals surface area contributed by atoms with Crippen LogP contribution >= 0.6 is 0 Å². The van der Waals surface area contributed by atoms with Crippen LogP contribution in [0.25, 0.3) is 0 Å². The van der Waals surface area contributed by atoms with Crippen molar-refractivity contribution in [2.45, 2.75) is 24.8 Å². The Bertz CT molecular complexity index is 807. The van der Waals surface area contributed by atoms with Gasteiger partial charge in [-0.2, -0.15) is 4.72 Å². The second-order valence-electron chi connectivity index (χ2n) is 4.95. The number of amides is 1. The van der Waals surface area contributed by atoms with Crippen molar-refractivity contribution in [3.63, 3.8) is 0 Å². The highest BCUT2D eigenvalue weighted by atomic mass is 32.2. The van der Waals surface area contributed by atoms with Gasteiger partial charge >= 0.3 is 0 Å². The summed E-state index contributed by atoms with van der Waals surface area (Å²) >= 11 is 0. The van der Waals surface area contributed by atoms with Gasteiger partial charge in [0, 0.05) is 5.69 Å². The average Bonchev–Trinajstić information content (AvgIpc) is 2.47. The Morgan fingerprint density at radius 2 is 1.83 bits per heavy atom. The van der Waals surface area contributed by atoms with Crippen molar-refractivity contribution < 1.29 is 17.6 Å². The Balaban J connectivity index is 2.06. The van der Waals surface area contributed by atoms with Gasteiger partial charge in [-0.3, -0.25) is 4.79 Å². The fourth-order valence-electron chi connectivity index (χ4n) is 1.82. The Kier molecular flexibility index (Phi) is 5.07. The molecular formula is C15H16FN3O3S. The molecule has 122 valence electrons. The predicted octanol–water partition coefficient (Wildman–Crippen LogP) is 1.83. The topological polar surface area (TPSA) is 88.2 Å². The number of anilines is 1. The van der Waals surface area contributed by atoms with Crippen LogP contribution in [0.1, 0.15) is 12.6 Å². The van der Waals surface area contributed by atoms with E-state index in [9.17, 15) is 17.6 Å². The first-order valence-electron chi connectivity index (χ1n) is 6.80. The zero-order valence-electron chi connectivity index (χ0n) is 12.6. The van der Waals surface area contributed by atoms with Crippen molar-refractivity contribution >= 4 is 21.7 Å². The predicted molar refractivity (Wildman–Crippen MR) is 83.8 cm³/mol. The van der Waals surface area contributed by atoms with E-state index >= 15 is 0 Å². The molecule has 8 heteroatoms. The van der Waals surface area contributed by atoms with Gasteiger partial charge in [-0.15, -0.1) is 0 Å². The lowest BCUT2D eigenvalue weighted by molar-refractivity contribution is -0.117. The number of pyridine rings is 1. The van der Waals surface area contributed by atoms with Crippen LogP contribution in [-0.2, 0) is 14.8 Å². The number of hydrogen-bond acceptors (Lipinski definition) is 4. The number of hydrogen-bond donors (Lipinski definition) is 2. The molecular weight excluding hydrogens is 321 g/mol. The monoisotopic (exact) mass is 337 g/mol. The number of aryl methyl sites for hydroxylation is 1. The van der Waals surface area contributed by atoms with Crippen molar-refractivity contribution in [1.29, 1.82) is 0 Å². The molecule has 1 heterocycles. The maximum absolute atomic E-state index is 12.9. The quantitative estimate of drug-likeness (QED) is 0.871. The zero-order valence-corrected chi connectivity index (χ0v) is 13.4. The number of nitrogens with zero attached hydrogens (tertiary/aromatic N) is 1. The van der Waals surface area contributed by atoms with Gasteiger partial charge in [0.2, 0.25) is 15.9 Å². The molecule has 0 spiro atoms. The van der Waals surface area contributed by atoms with Crippen LogP contribution in [0, 0.1) is 12.7 Å². The molecule has 0 saturated heterocycles. The summed E-state index contributed by atoms with van der Waals surface area (Å²) in [5.74, 6) is -0.753. The molecule has 23 heavy (non-hydrogen) atoms. The molecule has 1 atom stereocenters. The van der Waals surface area contributed by atoms with Gasteiger partial charge in [0.05, 0.1) is 10.9 Å². The highest BCUT2D eigenvalue weighted by molar-refractivity contribution is 7.89. The third-order valence-corrected chi connectivity index (χ3v) is 4.55. The summed E-state index contributed by atoms with van der Waals surface area (Å²) in [4.78, 5) is 16.0. The maximum atomic E-state index is 12.9. The molecule has 0 fully saturated rings.